The van der Waals surface area contributed by atoms with Crippen molar-refractivity contribution in [1.82, 2.24) is 0 Å². The Morgan fingerprint density at radius 2 is 1.65 bits per heavy atom. The molecule has 0 saturated heterocycles. The van der Waals surface area contributed by atoms with Crippen LogP contribution in [0.5, 0.6) is 0 Å². The zero-order valence-corrected chi connectivity index (χ0v) is 36.9. The Bertz CT molecular complexity index is 1690. The van der Waals surface area contributed by atoms with Gasteiger partial charge in [-0.05, 0) is 139 Å². The topological polar surface area (TPSA) is 79.1 Å². The average molecular weight is 753 g/mol. The van der Waals surface area contributed by atoms with Crippen LogP contribution in [0.4, 0.5) is 0 Å². The Hall–Kier alpha value is -2.82. The third kappa shape index (κ3) is 8.29. The van der Waals surface area contributed by atoms with Gasteiger partial charge in [-0.15, -0.1) is 0 Å². The van der Waals surface area contributed by atoms with E-state index in [2.05, 4.69) is 100 Å². The fourth-order valence-electron chi connectivity index (χ4n) is 12.3. The van der Waals surface area contributed by atoms with Crippen LogP contribution in [0.1, 0.15) is 184 Å². The summed E-state index contributed by atoms with van der Waals surface area (Å²) in [4.78, 5) is 27.4. The standard InChI is InChI=1S/C50H76N2O3/c1-14-15-44(52-51-35(8)38-18-16-37(17-19-38)31(2)3)50-27-24-41-40(46(50)45(32(4)5)42(55)30-50)20-21-43-48(12,34(7)23-26-49(41,43)13)25-22-33(6)28-39(54)29-47(10,11)36(9)53/h16-19,31-34,40-41,43,53H,9,14-15,20-30H2,1-8,10-13H3/b51-35+,52-44+. The van der Waals surface area contributed by atoms with Gasteiger partial charge in [-0.2, -0.15) is 10.2 Å². The molecule has 0 amide bonds. The highest BCUT2D eigenvalue weighted by Crippen LogP contribution is 2.70. The molecule has 5 nitrogen and oxygen atoms in total. The summed E-state index contributed by atoms with van der Waals surface area (Å²) >= 11 is 0. The molecule has 3 saturated carbocycles. The van der Waals surface area contributed by atoms with Gasteiger partial charge in [0.1, 0.15) is 5.78 Å². The summed E-state index contributed by atoms with van der Waals surface area (Å²) in [5.41, 5.74) is 6.59. The van der Waals surface area contributed by atoms with Crippen LogP contribution in [-0.4, -0.2) is 28.1 Å². The summed E-state index contributed by atoms with van der Waals surface area (Å²) in [6.07, 6.45) is 12.5. The Labute approximate surface area is 335 Å². The van der Waals surface area contributed by atoms with E-state index in [1.54, 1.807) is 0 Å². The molecule has 4 aliphatic carbocycles. The Morgan fingerprint density at radius 3 is 2.25 bits per heavy atom. The van der Waals surface area contributed by atoms with Crippen molar-refractivity contribution < 1.29 is 14.7 Å². The van der Waals surface area contributed by atoms with Gasteiger partial charge in [0, 0.05) is 30.1 Å². The van der Waals surface area contributed by atoms with E-state index in [1.165, 1.54) is 30.4 Å². The van der Waals surface area contributed by atoms with Crippen LogP contribution in [0, 0.1) is 57.2 Å². The molecule has 0 bridgehead atoms. The van der Waals surface area contributed by atoms with Gasteiger partial charge in [-0.25, -0.2) is 0 Å². The number of carbonyl (C=O) groups excluding carboxylic acids is 2. The zero-order chi connectivity index (χ0) is 40.7. The number of hydrogen-bond donors (Lipinski definition) is 1. The number of ketones is 2. The minimum atomic E-state index is -0.580. The highest BCUT2D eigenvalue weighted by Gasteiger charge is 2.63. The highest BCUT2D eigenvalue weighted by atomic mass is 16.3. The van der Waals surface area contributed by atoms with E-state index in [1.807, 2.05) is 13.8 Å². The van der Waals surface area contributed by atoms with E-state index in [0.29, 0.717) is 60.6 Å². The number of hydrogen-bond acceptors (Lipinski definition) is 5. The lowest BCUT2D eigenvalue weighted by Gasteiger charge is -2.65. The lowest BCUT2D eigenvalue weighted by molar-refractivity contribution is -0.137. The molecule has 55 heavy (non-hydrogen) atoms. The van der Waals surface area contributed by atoms with Crippen molar-refractivity contribution in [2.45, 2.75) is 172 Å². The molecular weight excluding hydrogens is 677 g/mol. The third-order valence-corrected chi connectivity index (χ3v) is 15.9. The smallest absolute Gasteiger partial charge is 0.160 e. The Morgan fingerprint density at radius 1 is 0.982 bits per heavy atom. The molecule has 0 heterocycles. The molecule has 1 N–H and O–H groups in total. The van der Waals surface area contributed by atoms with Crippen molar-refractivity contribution in [1.29, 1.82) is 0 Å². The van der Waals surface area contributed by atoms with Crippen LogP contribution in [0.3, 0.4) is 0 Å². The fourth-order valence-corrected chi connectivity index (χ4v) is 12.3. The second kappa shape index (κ2) is 16.6. The second-order valence-electron chi connectivity index (χ2n) is 20.6. The molecule has 1 aromatic rings. The first-order chi connectivity index (χ1) is 25.7. The van der Waals surface area contributed by atoms with E-state index < -0.39 is 5.41 Å². The summed E-state index contributed by atoms with van der Waals surface area (Å²) in [6, 6.07) is 8.75. The van der Waals surface area contributed by atoms with Crippen LogP contribution in [0.25, 0.3) is 0 Å². The molecule has 5 rings (SSSR count). The summed E-state index contributed by atoms with van der Waals surface area (Å²) < 4.78 is 0. The van der Waals surface area contributed by atoms with E-state index in [-0.39, 0.29) is 33.7 Å². The van der Waals surface area contributed by atoms with E-state index in [0.717, 1.165) is 67.5 Å². The number of allylic oxidation sites excluding steroid dienone is 3. The van der Waals surface area contributed by atoms with Crippen LogP contribution in [-0.2, 0) is 9.59 Å². The lowest BCUT2D eigenvalue weighted by Crippen LogP contribution is -2.57. The molecule has 5 heteroatoms. The number of aliphatic hydroxyl groups excluding tert-OH is 1. The minimum Gasteiger partial charge on any atom is -0.512 e. The van der Waals surface area contributed by atoms with Crippen molar-refractivity contribution >= 4 is 23.0 Å². The SMILES string of the molecule is C=C(O)C(C)(C)CC(=O)CC(C)CCC1(C)C(C)CCC2(C)C3CCC4(/C(CCC)=N/N=C(\C)c5ccc(C(C)C)cc5)CC(=O)C(C(C)C)=C4C3CCC12. The molecule has 8 atom stereocenters. The molecule has 3 fully saturated rings. The summed E-state index contributed by atoms with van der Waals surface area (Å²) in [5.74, 6) is 3.88. The summed E-state index contributed by atoms with van der Waals surface area (Å²) in [7, 11) is 0. The van der Waals surface area contributed by atoms with Crippen molar-refractivity contribution in [3.63, 3.8) is 0 Å². The van der Waals surface area contributed by atoms with Crippen LogP contribution in [0.2, 0.25) is 0 Å². The summed E-state index contributed by atoms with van der Waals surface area (Å²) in [5, 5.41) is 20.1. The monoisotopic (exact) mass is 753 g/mol. The van der Waals surface area contributed by atoms with Crippen LogP contribution in [0.15, 0.2) is 58.0 Å². The lowest BCUT2D eigenvalue weighted by atomic mass is 9.40. The zero-order valence-electron chi connectivity index (χ0n) is 36.9. The van der Waals surface area contributed by atoms with Gasteiger partial charge in [0.2, 0.25) is 0 Å². The number of aliphatic hydroxyl groups is 1. The van der Waals surface area contributed by atoms with Gasteiger partial charge in [0.25, 0.3) is 0 Å². The Balaban J connectivity index is 1.44. The normalized spacial score (nSPS) is 32.1. The second-order valence-corrected chi connectivity index (χ2v) is 20.6. The van der Waals surface area contributed by atoms with Crippen molar-refractivity contribution in [3.8, 4) is 0 Å². The predicted octanol–water partition coefficient (Wildman–Crippen LogP) is 13.4. The van der Waals surface area contributed by atoms with Gasteiger partial charge < -0.3 is 5.11 Å². The molecule has 0 spiro atoms. The van der Waals surface area contributed by atoms with E-state index in [9.17, 15) is 14.7 Å². The molecule has 0 aliphatic heterocycles. The first-order valence-electron chi connectivity index (χ1n) is 22.1. The van der Waals surface area contributed by atoms with Gasteiger partial charge in [-0.3, -0.25) is 9.59 Å². The molecule has 4 aliphatic rings. The molecule has 8 unspecified atom stereocenters. The minimum absolute atomic E-state index is 0.0887. The third-order valence-electron chi connectivity index (χ3n) is 15.9. The molecule has 0 aromatic heterocycles. The molecule has 0 radical (unpaired) electrons. The average Bonchev–Trinajstić information content (AvgIpc) is 3.43. The maximum atomic E-state index is 14.3. The van der Waals surface area contributed by atoms with Gasteiger partial charge in [0.05, 0.1) is 17.2 Å². The number of carbonyl (C=O) groups is 2. The maximum Gasteiger partial charge on any atom is 0.160 e. The number of Topliss-reactive ketones (excluding diaryl/α,β-unsaturated/α-hetero) is 2. The molecular formula is C50H76N2O3. The fraction of sp³-hybridized carbons (Fsp3) is 0.720. The highest BCUT2D eigenvalue weighted by molar-refractivity contribution is 6.09. The number of benzene rings is 1. The van der Waals surface area contributed by atoms with Gasteiger partial charge >= 0.3 is 0 Å². The number of rotatable bonds is 15. The maximum absolute atomic E-state index is 14.3. The summed E-state index contributed by atoms with van der Waals surface area (Å²) in [6.45, 7) is 30.7. The van der Waals surface area contributed by atoms with Crippen molar-refractivity contribution in [2.24, 2.45) is 67.4 Å². The van der Waals surface area contributed by atoms with Crippen LogP contribution >= 0.6 is 0 Å². The van der Waals surface area contributed by atoms with E-state index in [4.69, 9.17) is 10.2 Å². The van der Waals surface area contributed by atoms with Gasteiger partial charge in [-0.1, -0.05) is 113 Å². The van der Waals surface area contributed by atoms with Crippen LogP contribution < -0.4 is 0 Å². The first-order valence-corrected chi connectivity index (χ1v) is 22.1. The number of nitrogens with zero attached hydrogens (tertiary/aromatic N) is 2. The number of fused-ring (bicyclic) bond motifs is 5. The first kappa shape index (κ1) is 43.3. The largest absolute Gasteiger partial charge is 0.512 e. The predicted molar refractivity (Wildman–Crippen MR) is 231 cm³/mol. The van der Waals surface area contributed by atoms with Gasteiger partial charge in [0.15, 0.2) is 5.78 Å². The van der Waals surface area contributed by atoms with E-state index >= 15 is 0 Å². The Kier molecular flexibility index (Phi) is 13.0. The van der Waals surface area contributed by atoms with Crippen molar-refractivity contribution in [3.05, 3.63) is 58.9 Å². The molecule has 304 valence electrons. The van der Waals surface area contributed by atoms with Crippen molar-refractivity contribution in [2.75, 3.05) is 0 Å². The molecule has 1 aromatic carbocycles. The quantitative estimate of drug-likeness (QED) is 0.110.